The smallest absolute Gasteiger partial charge is 0.339 e. The fourth-order valence-corrected chi connectivity index (χ4v) is 3.91. The molecule has 24 heavy (non-hydrogen) atoms. The molecule has 1 N–H and O–H groups in total. The minimum atomic E-state index is -0.945. The van der Waals surface area contributed by atoms with Crippen LogP contribution in [0, 0.1) is 6.92 Å². The van der Waals surface area contributed by atoms with Gasteiger partial charge in [0, 0.05) is 19.5 Å². The Labute approximate surface area is 144 Å². The summed E-state index contributed by atoms with van der Waals surface area (Å²) in [5, 5.41) is 17.5. The van der Waals surface area contributed by atoms with E-state index in [0.717, 1.165) is 19.3 Å². The second-order valence-electron chi connectivity index (χ2n) is 6.14. The predicted octanol–water partition coefficient (Wildman–Crippen LogP) is 2.75. The van der Waals surface area contributed by atoms with E-state index in [1.54, 1.807) is 22.9 Å². The highest BCUT2D eigenvalue weighted by Gasteiger charge is 2.26. The first-order valence-electron chi connectivity index (χ1n) is 8.12. The van der Waals surface area contributed by atoms with Gasteiger partial charge in [-0.3, -0.25) is 9.48 Å². The molecule has 0 spiro atoms. The number of rotatable bonds is 5. The first-order chi connectivity index (χ1) is 11.6. The summed E-state index contributed by atoms with van der Waals surface area (Å²) in [5.74, 6) is -0.747. The average Bonchev–Trinajstić information content (AvgIpc) is 3.22. The van der Waals surface area contributed by atoms with Gasteiger partial charge in [-0.2, -0.15) is 16.4 Å². The molecule has 3 rings (SSSR count). The number of carbonyl (C=O) groups is 2. The van der Waals surface area contributed by atoms with E-state index < -0.39 is 5.97 Å². The van der Waals surface area contributed by atoms with Crippen LogP contribution in [0.4, 0.5) is 0 Å². The summed E-state index contributed by atoms with van der Waals surface area (Å²) >= 11 is 1.65. The molecule has 0 aromatic carbocycles. The van der Waals surface area contributed by atoms with Crippen molar-refractivity contribution in [3.8, 4) is 0 Å². The van der Waals surface area contributed by atoms with Crippen LogP contribution >= 0.6 is 11.3 Å². The molecule has 0 bridgehead atoms. The molecule has 2 aromatic rings. The molecule has 0 saturated carbocycles. The average molecular weight is 347 g/mol. The Balaban J connectivity index is 1.54. The van der Waals surface area contributed by atoms with E-state index >= 15 is 0 Å². The fraction of sp³-hybridized carbons (Fsp3) is 0.471. The van der Waals surface area contributed by atoms with Gasteiger partial charge in [-0.1, -0.05) is 0 Å². The third-order valence-electron chi connectivity index (χ3n) is 4.65. The highest BCUT2D eigenvalue weighted by atomic mass is 32.1. The van der Waals surface area contributed by atoms with Crippen molar-refractivity contribution in [1.82, 2.24) is 14.7 Å². The van der Waals surface area contributed by atoms with Gasteiger partial charge in [0.25, 0.3) is 0 Å². The summed E-state index contributed by atoms with van der Waals surface area (Å²) in [5.41, 5.74) is 2.16. The van der Waals surface area contributed by atoms with Crippen LogP contribution in [0.1, 0.15) is 46.9 Å². The number of hydrogen-bond acceptors (Lipinski definition) is 4. The zero-order valence-corrected chi connectivity index (χ0v) is 14.5. The fourth-order valence-electron chi connectivity index (χ4n) is 3.21. The van der Waals surface area contributed by atoms with Crippen molar-refractivity contribution < 1.29 is 14.7 Å². The van der Waals surface area contributed by atoms with Crippen molar-refractivity contribution >= 4 is 23.2 Å². The summed E-state index contributed by atoms with van der Waals surface area (Å²) in [6.07, 6.45) is 4.38. The van der Waals surface area contributed by atoms with Crippen molar-refractivity contribution in [2.24, 2.45) is 0 Å². The van der Waals surface area contributed by atoms with Gasteiger partial charge in [-0.25, -0.2) is 4.79 Å². The number of carboxylic acids is 1. The molecular formula is C17H21N3O3S. The summed E-state index contributed by atoms with van der Waals surface area (Å²) < 4.78 is 1.80. The van der Waals surface area contributed by atoms with Crippen molar-refractivity contribution in [2.45, 2.75) is 38.6 Å². The van der Waals surface area contributed by atoms with Gasteiger partial charge < -0.3 is 10.0 Å². The predicted molar refractivity (Wildman–Crippen MR) is 91.4 cm³/mol. The number of carboxylic acid groups (broad SMARTS) is 1. The highest BCUT2D eigenvalue weighted by Crippen LogP contribution is 2.25. The number of aromatic nitrogens is 2. The maximum Gasteiger partial charge on any atom is 0.339 e. The molecule has 1 aliphatic heterocycles. The van der Waals surface area contributed by atoms with Crippen LogP contribution in [0.5, 0.6) is 0 Å². The van der Waals surface area contributed by atoms with E-state index in [4.69, 9.17) is 5.11 Å². The number of amides is 1. The van der Waals surface area contributed by atoms with E-state index in [9.17, 15) is 9.59 Å². The van der Waals surface area contributed by atoms with E-state index in [1.165, 1.54) is 11.8 Å². The molecule has 1 amide bonds. The Bertz CT molecular complexity index is 716. The Kier molecular flexibility index (Phi) is 4.99. The lowest BCUT2D eigenvalue weighted by molar-refractivity contribution is -0.132. The normalized spacial score (nSPS) is 15.6. The molecule has 2 aromatic heterocycles. The third kappa shape index (κ3) is 3.51. The van der Waals surface area contributed by atoms with Crippen LogP contribution in [-0.4, -0.2) is 44.8 Å². The Morgan fingerprint density at radius 3 is 2.71 bits per heavy atom. The van der Waals surface area contributed by atoms with E-state index in [-0.39, 0.29) is 17.5 Å². The quantitative estimate of drug-likeness (QED) is 0.902. The highest BCUT2D eigenvalue weighted by molar-refractivity contribution is 7.07. The number of thiophene rings is 1. The van der Waals surface area contributed by atoms with Gasteiger partial charge in [0.2, 0.25) is 5.91 Å². The molecule has 0 unspecified atom stereocenters. The van der Waals surface area contributed by atoms with Crippen LogP contribution in [0.25, 0.3) is 0 Å². The summed E-state index contributed by atoms with van der Waals surface area (Å²) in [7, 11) is 0. The Morgan fingerprint density at radius 1 is 1.38 bits per heavy atom. The third-order valence-corrected chi connectivity index (χ3v) is 5.38. The van der Waals surface area contributed by atoms with Crippen LogP contribution < -0.4 is 0 Å². The van der Waals surface area contributed by atoms with Gasteiger partial charge in [0.05, 0.1) is 17.9 Å². The molecular weight excluding hydrogens is 326 g/mol. The molecule has 1 fully saturated rings. The lowest BCUT2D eigenvalue weighted by Gasteiger charge is -2.32. The lowest BCUT2D eigenvalue weighted by Crippen LogP contribution is -2.39. The number of aryl methyl sites for hydroxylation is 1. The molecule has 128 valence electrons. The zero-order valence-electron chi connectivity index (χ0n) is 13.6. The number of likely N-dealkylation sites (tertiary alicyclic amines) is 1. The van der Waals surface area contributed by atoms with E-state index in [2.05, 4.69) is 16.5 Å². The molecule has 0 radical (unpaired) electrons. The van der Waals surface area contributed by atoms with E-state index in [0.29, 0.717) is 25.2 Å². The standard InChI is InChI=1S/C17H21N3O3S/c1-12-15(17(22)23)10-18-20(12)14-4-7-19(8-5-14)16(21)3-2-13-6-9-24-11-13/h6,9-11,14H,2-5,7-8H2,1H3,(H,22,23). The first kappa shape index (κ1) is 16.7. The topological polar surface area (TPSA) is 75.4 Å². The maximum absolute atomic E-state index is 12.3. The van der Waals surface area contributed by atoms with Crippen LogP contribution in [0.2, 0.25) is 0 Å². The number of aromatic carboxylic acids is 1. The molecule has 0 atom stereocenters. The molecule has 7 heteroatoms. The van der Waals surface area contributed by atoms with Crippen LogP contribution in [0.3, 0.4) is 0 Å². The van der Waals surface area contributed by atoms with Crippen LogP contribution in [0.15, 0.2) is 23.0 Å². The largest absolute Gasteiger partial charge is 0.478 e. The molecule has 1 aliphatic rings. The van der Waals surface area contributed by atoms with Crippen molar-refractivity contribution in [2.75, 3.05) is 13.1 Å². The monoisotopic (exact) mass is 347 g/mol. The van der Waals surface area contributed by atoms with Gasteiger partial charge in [0.15, 0.2) is 0 Å². The summed E-state index contributed by atoms with van der Waals surface area (Å²) in [4.78, 5) is 25.4. The van der Waals surface area contributed by atoms with Gasteiger partial charge in [-0.05, 0) is 48.6 Å². The molecule has 6 nitrogen and oxygen atoms in total. The van der Waals surface area contributed by atoms with Gasteiger partial charge in [0.1, 0.15) is 5.56 Å². The van der Waals surface area contributed by atoms with Crippen molar-refractivity contribution in [3.63, 3.8) is 0 Å². The maximum atomic E-state index is 12.3. The first-order valence-corrected chi connectivity index (χ1v) is 9.07. The Hall–Kier alpha value is -2.15. The van der Waals surface area contributed by atoms with E-state index in [1.807, 2.05) is 10.3 Å². The zero-order chi connectivity index (χ0) is 17.1. The van der Waals surface area contributed by atoms with Gasteiger partial charge >= 0.3 is 5.97 Å². The number of hydrogen-bond donors (Lipinski definition) is 1. The van der Waals surface area contributed by atoms with Gasteiger partial charge in [-0.15, -0.1) is 0 Å². The Morgan fingerprint density at radius 2 is 2.12 bits per heavy atom. The second-order valence-corrected chi connectivity index (χ2v) is 6.92. The SMILES string of the molecule is Cc1c(C(=O)O)cnn1C1CCN(C(=O)CCc2ccsc2)CC1. The number of piperidine rings is 1. The van der Waals surface area contributed by atoms with Crippen LogP contribution in [-0.2, 0) is 11.2 Å². The molecule has 1 saturated heterocycles. The summed E-state index contributed by atoms with van der Waals surface area (Å²) in [6.45, 7) is 3.19. The minimum absolute atomic E-state index is 0.166. The minimum Gasteiger partial charge on any atom is -0.478 e. The molecule has 3 heterocycles. The second kappa shape index (κ2) is 7.17. The molecule has 0 aliphatic carbocycles. The number of carbonyl (C=O) groups excluding carboxylic acids is 1. The lowest BCUT2D eigenvalue weighted by atomic mass is 10.0. The van der Waals surface area contributed by atoms with Crippen molar-refractivity contribution in [1.29, 1.82) is 0 Å². The summed E-state index contributed by atoms with van der Waals surface area (Å²) in [6, 6.07) is 2.23. The number of nitrogens with zero attached hydrogens (tertiary/aromatic N) is 3. The van der Waals surface area contributed by atoms with Crippen molar-refractivity contribution in [3.05, 3.63) is 39.8 Å².